The van der Waals surface area contributed by atoms with Gasteiger partial charge in [0.1, 0.15) is 17.1 Å². The Labute approximate surface area is 291 Å². The van der Waals surface area contributed by atoms with Gasteiger partial charge in [-0.05, 0) is 65.5 Å². The first-order valence-electron chi connectivity index (χ1n) is 17.5. The number of nitrogens with one attached hydrogen (secondary N) is 2. The van der Waals surface area contributed by atoms with Gasteiger partial charge in [-0.2, -0.15) is 13.2 Å². The number of fused-ring (bicyclic) bond motifs is 2. The van der Waals surface area contributed by atoms with Crippen LogP contribution in [0.5, 0.6) is 0 Å². The van der Waals surface area contributed by atoms with Gasteiger partial charge in [0.25, 0.3) is 0 Å². The van der Waals surface area contributed by atoms with Crippen LogP contribution in [0, 0.1) is 29.5 Å². The average Bonchev–Trinajstić information content (AvgIpc) is 3.45. The molecular formula is C39H48F4N2O5. The monoisotopic (exact) mass is 700 g/mol. The standard InChI is InChI=1S/C39H48F4N2O5/c1-5-23(3)29(20-27(47)18-26-10-7-8-13-34(26)40)37(50)45-38(35(48)21-30(24(4)6-2)36(49)44-16-17-46)15-14-25-19-31-28(32(25)22-38)11-9-12-33(31)39(41,42)43/h7-13,23-24,29-30,46H,5-6,14-22H2,1-4H3,(H,44,49)(H,45,50)/t23?,24?,29-,30-,38+/m0/s1. The summed E-state index contributed by atoms with van der Waals surface area (Å²) in [5.41, 5.74) is -0.135. The van der Waals surface area contributed by atoms with Gasteiger partial charge in [-0.3, -0.25) is 19.2 Å². The highest BCUT2D eigenvalue weighted by Gasteiger charge is 2.48. The minimum absolute atomic E-state index is 0.00784. The molecule has 2 aliphatic carbocycles. The van der Waals surface area contributed by atoms with Gasteiger partial charge in [-0.25, -0.2) is 4.39 Å². The molecule has 0 aliphatic heterocycles. The zero-order valence-corrected chi connectivity index (χ0v) is 29.2. The molecule has 50 heavy (non-hydrogen) atoms. The number of ketones is 2. The molecule has 2 aliphatic rings. The average molecular weight is 701 g/mol. The second kappa shape index (κ2) is 16.4. The first-order chi connectivity index (χ1) is 23.6. The van der Waals surface area contributed by atoms with E-state index >= 15 is 0 Å². The number of halogens is 4. The summed E-state index contributed by atoms with van der Waals surface area (Å²) < 4.78 is 56.4. The van der Waals surface area contributed by atoms with Crippen molar-refractivity contribution < 1.29 is 41.8 Å². The molecule has 5 atom stereocenters. The largest absolute Gasteiger partial charge is 0.416 e. The Morgan fingerprint density at radius 2 is 1.58 bits per heavy atom. The Hall–Kier alpha value is -3.86. The maximum absolute atomic E-state index is 14.6. The lowest BCUT2D eigenvalue weighted by Crippen LogP contribution is -2.58. The maximum atomic E-state index is 14.6. The minimum Gasteiger partial charge on any atom is -0.395 e. The van der Waals surface area contributed by atoms with E-state index in [2.05, 4.69) is 10.6 Å². The van der Waals surface area contributed by atoms with Crippen molar-refractivity contribution in [2.45, 2.75) is 97.2 Å². The molecule has 7 nitrogen and oxygen atoms in total. The molecule has 2 unspecified atom stereocenters. The molecule has 0 aromatic heterocycles. The van der Waals surface area contributed by atoms with E-state index in [4.69, 9.17) is 0 Å². The molecule has 11 heteroatoms. The Balaban J connectivity index is 1.70. The van der Waals surface area contributed by atoms with Crippen molar-refractivity contribution in [1.29, 1.82) is 0 Å². The maximum Gasteiger partial charge on any atom is 0.416 e. The molecule has 0 bridgehead atoms. The molecule has 2 aromatic carbocycles. The van der Waals surface area contributed by atoms with E-state index in [1.807, 2.05) is 27.7 Å². The number of carbonyl (C=O) groups excluding carboxylic acids is 4. The number of Topliss-reactive ketones (excluding diaryl/α,β-unsaturated/α-hetero) is 2. The Morgan fingerprint density at radius 3 is 2.20 bits per heavy atom. The number of carbonyl (C=O) groups is 4. The molecule has 0 saturated heterocycles. The van der Waals surface area contributed by atoms with E-state index in [9.17, 15) is 41.8 Å². The molecule has 4 rings (SSSR count). The summed E-state index contributed by atoms with van der Waals surface area (Å²) in [6.45, 7) is 7.16. The van der Waals surface area contributed by atoms with E-state index in [1.165, 1.54) is 24.3 Å². The fraction of sp³-hybridized carbons (Fsp3) is 0.538. The van der Waals surface area contributed by atoms with Gasteiger partial charge >= 0.3 is 6.18 Å². The SMILES string of the molecule is CCC(C)[C@H](CC(=O)[C@@]1(NC(=O)[C@@H](CC(=O)Cc2ccccc2F)C(C)CC)CCC2=C(C1)c1cccc(C(F)(F)F)c1C2)C(=O)NCCO. The molecular weight excluding hydrogens is 652 g/mol. The van der Waals surface area contributed by atoms with Crippen LogP contribution in [0.15, 0.2) is 48.0 Å². The smallest absolute Gasteiger partial charge is 0.395 e. The third-order valence-corrected chi connectivity index (χ3v) is 10.8. The van der Waals surface area contributed by atoms with Crippen molar-refractivity contribution in [2.75, 3.05) is 13.2 Å². The molecule has 0 saturated carbocycles. The molecule has 0 radical (unpaired) electrons. The van der Waals surface area contributed by atoms with E-state index < -0.39 is 52.5 Å². The third kappa shape index (κ3) is 8.71. The highest BCUT2D eigenvalue weighted by atomic mass is 19.4. The van der Waals surface area contributed by atoms with Gasteiger partial charge in [0.05, 0.1) is 12.2 Å². The molecule has 0 spiro atoms. The number of rotatable bonds is 16. The highest BCUT2D eigenvalue weighted by molar-refractivity contribution is 5.99. The summed E-state index contributed by atoms with van der Waals surface area (Å²) in [5, 5.41) is 15.0. The fourth-order valence-corrected chi connectivity index (χ4v) is 7.34. The topological polar surface area (TPSA) is 113 Å². The van der Waals surface area contributed by atoms with Crippen LogP contribution in [0.1, 0.15) is 94.9 Å². The molecule has 3 N–H and O–H groups in total. The lowest BCUT2D eigenvalue weighted by atomic mass is 9.71. The summed E-state index contributed by atoms with van der Waals surface area (Å²) in [5.74, 6) is -4.37. The molecule has 2 aromatic rings. The van der Waals surface area contributed by atoms with Crippen LogP contribution in [0.25, 0.3) is 5.57 Å². The number of aliphatic hydroxyl groups is 1. The summed E-state index contributed by atoms with van der Waals surface area (Å²) in [6, 6.07) is 9.94. The van der Waals surface area contributed by atoms with Crippen molar-refractivity contribution in [3.8, 4) is 0 Å². The zero-order valence-electron chi connectivity index (χ0n) is 29.2. The number of allylic oxidation sites excluding steroid dienone is 1. The number of benzene rings is 2. The lowest BCUT2D eigenvalue weighted by Gasteiger charge is -2.40. The van der Waals surface area contributed by atoms with Crippen LogP contribution < -0.4 is 10.6 Å². The molecule has 0 heterocycles. The molecule has 272 valence electrons. The number of aliphatic hydroxyl groups excluding tert-OH is 1. The highest BCUT2D eigenvalue weighted by Crippen LogP contribution is 2.49. The predicted octanol–water partition coefficient (Wildman–Crippen LogP) is 6.79. The van der Waals surface area contributed by atoms with E-state index in [0.717, 1.165) is 11.6 Å². The quantitative estimate of drug-likeness (QED) is 0.167. The van der Waals surface area contributed by atoms with Crippen molar-refractivity contribution in [3.05, 3.63) is 76.1 Å². The first-order valence-corrected chi connectivity index (χ1v) is 17.5. The van der Waals surface area contributed by atoms with Crippen molar-refractivity contribution in [2.24, 2.45) is 23.7 Å². The van der Waals surface area contributed by atoms with Crippen molar-refractivity contribution in [1.82, 2.24) is 10.6 Å². The van der Waals surface area contributed by atoms with Crippen LogP contribution in [0.2, 0.25) is 0 Å². The number of hydrogen-bond donors (Lipinski definition) is 3. The van der Waals surface area contributed by atoms with Gasteiger partial charge in [0.15, 0.2) is 5.78 Å². The van der Waals surface area contributed by atoms with E-state index in [-0.39, 0.29) is 86.8 Å². The third-order valence-electron chi connectivity index (χ3n) is 10.8. The summed E-state index contributed by atoms with van der Waals surface area (Å²) in [6.07, 6.45) is -3.65. The van der Waals surface area contributed by atoms with Gasteiger partial charge in [-0.1, -0.05) is 76.4 Å². The summed E-state index contributed by atoms with van der Waals surface area (Å²) >= 11 is 0. The molecule has 2 amide bonds. The van der Waals surface area contributed by atoms with Crippen molar-refractivity contribution >= 4 is 29.0 Å². The summed E-state index contributed by atoms with van der Waals surface area (Å²) in [4.78, 5) is 55.3. The normalized spacial score (nSPS) is 19.5. The number of alkyl halides is 3. The second-order valence-electron chi connectivity index (χ2n) is 14.0. The fourth-order valence-electron chi connectivity index (χ4n) is 7.34. The zero-order chi connectivity index (χ0) is 36.8. The Kier molecular flexibility index (Phi) is 12.8. The number of amides is 2. The predicted molar refractivity (Wildman–Crippen MR) is 182 cm³/mol. The van der Waals surface area contributed by atoms with Gasteiger partial charge in [0, 0.05) is 44.1 Å². The van der Waals surface area contributed by atoms with Gasteiger partial charge in [0.2, 0.25) is 11.8 Å². The van der Waals surface area contributed by atoms with Crippen molar-refractivity contribution in [3.63, 3.8) is 0 Å². The van der Waals surface area contributed by atoms with Gasteiger partial charge in [-0.15, -0.1) is 0 Å². The van der Waals surface area contributed by atoms with Crippen LogP contribution in [-0.4, -0.2) is 47.2 Å². The Morgan fingerprint density at radius 1 is 0.920 bits per heavy atom. The first kappa shape index (κ1) is 38.9. The minimum atomic E-state index is -4.56. The second-order valence-corrected chi connectivity index (χ2v) is 14.0. The van der Waals surface area contributed by atoms with Gasteiger partial charge < -0.3 is 15.7 Å². The summed E-state index contributed by atoms with van der Waals surface area (Å²) in [7, 11) is 0. The number of hydrogen-bond acceptors (Lipinski definition) is 5. The van der Waals surface area contributed by atoms with Crippen LogP contribution in [-0.2, 0) is 38.2 Å². The van der Waals surface area contributed by atoms with E-state index in [0.29, 0.717) is 24.0 Å². The van der Waals surface area contributed by atoms with Crippen LogP contribution in [0.4, 0.5) is 17.6 Å². The molecule has 0 fully saturated rings. The lowest BCUT2D eigenvalue weighted by molar-refractivity contribution is -0.139. The Bertz CT molecular complexity index is 1620. The van der Waals surface area contributed by atoms with E-state index in [1.54, 1.807) is 12.1 Å². The van der Waals surface area contributed by atoms with Crippen LogP contribution in [0.3, 0.4) is 0 Å². The van der Waals surface area contributed by atoms with Crippen LogP contribution >= 0.6 is 0 Å².